The van der Waals surface area contributed by atoms with Crippen LogP contribution >= 0.6 is 0 Å². The van der Waals surface area contributed by atoms with Gasteiger partial charge in [0.15, 0.2) is 5.69 Å². The number of ether oxygens (including phenoxy) is 2. The molecular weight excluding hydrogens is 288 g/mol. The van der Waals surface area contributed by atoms with Crippen molar-refractivity contribution in [1.29, 1.82) is 5.41 Å². The Morgan fingerprint density at radius 2 is 1.68 bits per heavy atom. The maximum atomic E-state index is 11.8. The third kappa shape index (κ3) is 5.94. The monoisotopic (exact) mass is 310 g/mol. The number of nitrogens with zero attached hydrogens (tertiary/aromatic N) is 2. The Kier molecular flexibility index (Phi) is 4.95. The molecular formula is C14H22N4O4. The fraction of sp³-hybridized carbons (Fsp3) is 0.571. The summed E-state index contributed by atoms with van der Waals surface area (Å²) in [5, 5.41) is 13.9. The zero-order chi connectivity index (χ0) is 17.1. The van der Waals surface area contributed by atoms with Crippen LogP contribution in [0, 0.1) is 5.41 Å². The zero-order valence-corrected chi connectivity index (χ0v) is 13.7. The van der Waals surface area contributed by atoms with Gasteiger partial charge in [0.1, 0.15) is 11.2 Å². The number of aromatic nitrogens is 2. The molecule has 0 saturated carbocycles. The SMILES string of the molecule is CC(C)(C)OC(=O)NC(=N)n1ccc(C(=O)OC(C)(C)C)n1. The summed E-state index contributed by atoms with van der Waals surface area (Å²) in [5.74, 6) is -0.930. The molecule has 1 aromatic rings. The lowest BCUT2D eigenvalue weighted by atomic mass is 10.2. The minimum absolute atomic E-state index is 0.0469. The van der Waals surface area contributed by atoms with E-state index in [0.29, 0.717) is 0 Å². The molecule has 0 saturated heterocycles. The molecule has 0 radical (unpaired) electrons. The molecule has 22 heavy (non-hydrogen) atoms. The van der Waals surface area contributed by atoms with Crippen LogP contribution in [0.4, 0.5) is 4.79 Å². The summed E-state index contributed by atoms with van der Waals surface area (Å²) in [7, 11) is 0. The largest absolute Gasteiger partial charge is 0.455 e. The van der Waals surface area contributed by atoms with Crippen LogP contribution in [0.25, 0.3) is 0 Å². The molecule has 0 bridgehead atoms. The Hall–Kier alpha value is -2.38. The van der Waals surface area contributed by atoms with E-state index < -0.39 is 23.3 Å². The van der Waals surface area contributed by atoms with E-state index in [1.807, 2.05) is 0 Å². The number of carbonyl (C=O) groups is 2. The first-order valence-corrected chi connectivity index (χ1v) is 6.75. The van der Waals surface area contributed by atoms with Gasteiger partial charge in [-0.25, -0.2) is 14.3 Å². The number of alkyl carbamates (subject to hydrolysis) is 1. The van der Waals surface area contributed by atoms with Gasteiger partial charge < -0.3 is 9.47 Å². The standard InChI is InChI=1S/C14H22N4O4/c1-13(2,3)21-10(19)9-7-8-18(17-9)11(15)16-12(20)22-14(4,5)6/h7-8H,1-6H3,(H2,15,16,20). The van der Waals surface area contributed by atoms with Gasteiger partial charge in [-0.3, -0.25) is 10.7 Å². The number of hydrogen-bond donors (Lipinski definition) is 2. The molecule has 0 aliphatic rings. The molecule has 0 spiro atoms. The van der Waals surface area contributed by atoms with Crippen LogP contribution in [0.1, 0.15) is 52.0 Å². The van der Waals surface area contributed by atoms with Crippen molar-refractivity contribution in [3.8, 4) is 0 Å². The highest BCUT2D eigenvalue weighted by atomic mass is 16.6. The number of esters is 1. The second kappa shape index (κ2) is 6.17. The maximum absolute atomic E-state index is 11.8. The second-order valence-electron chi connectivity index (χ2n) is 6.62. The Bertz CT molecular complexity index is 578. The van der Waals surface area contributed by atoms with E-state index in [9.17, 15) is 9.59 Å². The maximum Gasteiger partial charge on any atom is 0.414 e. The fourth-order valence-corrected chi connectivity index (χ4v) is 1.35. The van der Waals surface area contributed by atoms with Crippen molar-refractivity contribution in [3.63, 3.8) is 0 Å². The molecule has 8 nitrogen and oxygen atoms in total. The first-order chi connectivity index (χ1) is 9.87. The molecule has 0 aromatic carbocycles. The molecule has 8 heteroatoms. The van der Waals surface area contributed by atoms with Crippen LogP contribution in [0.15, 0.2) is 12.3 Å². The predicted octanol–water partition coefficient (Wildman–Crippen LogP) is 2.15. The molecule has 122 valence electrons. The quantitative estimate of drug-likeness (QED) is 0.469. The minimum atomic E-state index is -0.771. The molecule has 1 heterocycles. The molecule has 2 N–H and O–H groups in total. The lowest BCUT2D eigenvalue weighted by molar-refractivity contribution is 0.00623. The number of nitrogens with one attached hydrogen (secondary N) is 2. The van der Waals surface area contributed by atoms with E-state index in [0.717, 1.165) is 4.68 Å². The van der Waals surface area contributed by atoms with Crippen molar-refractivity contribution in [1.82, 2.24) is 15.1 Å². The van der Waals surface area contributed by atoms with Crippen LogP contribution in [-0.2, 0) is 9.47 Å². The van der Waals surface area contributed by atoms with E-state index in [4.69, 9.17) is 14.9 Å². The van der Waals surface area contributed by atoms with Crippen molar-refractivity contribution < 1.29 is 19.1 Å². The smallest absolute Gasteiger partial charge is 0.414 e. The fourth-order valence-electron chi connectivity index (χ4n) is 1.35. The summed E-state index contributed by atoms with van der Waals surface area (Å²) < 4.78 is 11.2. The number of rotatable bonds is 1. The predicted molar refractivity (Wildman–Crippen MR) is 79.9 cm³/mol. The van der Waals surface area contributed by atoms with Crippen molar-refractivity contribution >= 4 is 18.0 Å². The van der Waals surface area contributed by atoms with Gasteiger partial charge in [0.05, 0.1) is 0 Å². The number of carbonyl (C=O) groups excluding carboxylic acids is 2. The zero-order valence-electron chi connectivity index (χ0n) is 13.7. The van der Waals surface area contributed by atoms with Crippen molar-refractivity contribution in [2.24, 2.45) is 0 Å². The third-order valence-electron chi connectivity index (χ3n) is 2.05. The van der Waals surface area contributed by atoms with Gasteiger partial charge >= 0.3 is 12.1 Å². The Morgan fingerprint density at radius 1 is 1.14 bits per heavy atom. The molecule has 0 atom stereocenters. The normalized spacial score (nSPS) is 11.7. The van der Waals surface area contributed by atoms with Crippen LogP contribution in [0.3, 0.4) is 0 Å². The lowest BCUT2D eigenvalue weighted by Gasteiger charge is -2.19. The summed E-state index contributed by atoms with van der Waals surface area (Å²) in [4.78, 5) is 23.4. The highest BCUT2D eigenvalue weighted by molar-refractivity contribution is 5.94. The van der Waals surface area contributed by atoms with E-state index in [1.54, 1.807) is 41.5 Å². The average Bonchev–Trinajstić information content (AvgIpc) is 2.72. The van der Waals surface area contributed by atoms with Gasteiger partial charge in [-0.2, -0.15) is 5.10 Å². The van der Waals surface area contributed by atoms with Gasteiger partial charge in [0, 0.05) is 6.20 Å². The first-order valence-electron chi connectivity index (χ1n) is 6.75. The van der Waals surface area contributed by atoms with E-state index in [1.165, 1.54) is 12.3 Å². The number of hydrogen-bond acceptors (Lipinski definition) is 6. The summed E-state index contributed by atoms with van der Waals surface area (Å²) in [6.07, 6.45) is 0.602. The molecule has 0 fully saturated rings. The Balaban J connectivity index is 2.69. The molecule has 0 aliphatic heterocycles. The summed E-state index contributed by atoms with van der Waals surface area (Å²) >= 11 is 0. The van der Waals surface area contributed by atoms with E-state index in [2.05, 4.69) is 10.4 Å². The Morgan fingerprint density at radius 3 is 2.18 bits per heavy atom. The average molecular weight is 310 g/mol. The van der Waals surface area contributed by atoms with E-state index >= 15 is 0 Å². The van der Waals surface area contributed by atoms with Gasteiger partial charge in [0.2, 0.25) is 5.96 Å². The third-order valence-corrected chi connectivity index (χ3v) is 2.05. The van der Waals surface area contributed by atoms with Crippen LogP contribution in [0.2, 0.25) is 0 Å². The topological polar surface area (TPSA) is 106 Å². The van der Waals surface area contributed by atoms with Gasteiger partial charge in [-0.1, -0.05) is 0 Å². The molecule has 0 unspecified atom stereocenters. The molecule has 1 rings (SSSR count). The van der Waals surface area contributed by atoms with Gasteiger partial charge in [-0.15, -0.1) is 0 Å². The number of amides is 1. The van der Waals surface area contributed by atoms with Crippen molar-refractivity contribution in [3.05, 3.63) is 18.0 Å². The second-order valence-corrected chi connectivity index (χ2v) is 6.62. The molecule has 0 aliphatic carbocycles. The van der Waals surface area contributed by atoms with Gasteiger partial charge in [0.25, 0.3) is 0 Å². The summed E-state index contributed by atoms with van der Waals surface area (Å²) in [5.41, 5.74) is -1.26. The lowest BCUT2D eigenvalue weighted by Crippen LogP contribution is -2.39. The van der Waals surface area contributed by atoms with Crippen molar-refractivity contribution in [2.45, 2.75) is 52.7 Å². The highest BCUT2D eigenvalue weighted by Gasteiger charge is 2.21. The van der Waals surface area contributed by atoms with E-state index in [-0.39, 0.29) is 11.7 Å². The van der Waals surface area contributed by atoms with Crippen LogP contribution < -0.4 is 5.32 Å². The molecule has 1 amide bonds. The van der Waals surface area contributed by atoms with Gasteiger partial charge in [-0.05, 0) is 47.6 Å². The van der Waals surface area contributed by atoms with Crippen LogP contribution in [-0.4, -0.2) is 39.0 Å². The summed E-state index contributed by atoms with van der Waals surface area (Å²) in [6.45, 7) is 10.4. The Labute approximate surface area is 129 Å². The van der Waals surface area contributed by atoms with Crippen LogP contribution in [0.5, 0.6) is 0 Å². The summed E-state index contributed by atoms with van der Waals surface area (Å²) in [6, 6.07) is 1.40. The van der Waals surface area contributed by atoms with Crippen molar-refractivity contribution in [2.75, 3.05) is 0 Å². The highest BCUT2D eigenvalue weighted by Crippen LogP contribution is 2.10. The first kappa shape index (κ1) is 17.7. The molecule has 1 aromatic heterocycles. The minimum Gasteiger partial charge on any atom is -0.455 e.